The number of hydrogen-bond acceptors (Lipinski definition) is 7. The van der Waals surface area contributed by atoms with Gasteiger partial charge in [0.1, 0.15) is 11.6 Å². The van der Waals surface area contributed by atoms with Crippen LogP contribution in [0.15, 0.2) is 82.9 Å². The fourth-order valence-electron chi connectivity index (χ4n) is 3.45. The molecule has 2 aliphatic heterocycles. The molecule has 2 aliphatic rings. The quantitative estimate of drug-likeness (QED) is 0.605. The van der Waals surface area contributed by atoms with Gasteiger partial charge in [0.2, 0.25) is 6.10 Å². The van der Waals surface area contributed by atoms with Gasteiger partial charge in [-0.15, -0.1) is 4.40 Å². The van der Waals surface area contributed by atoms with Crippen LogP contribution in [-0.4, -0.2) is 49.9 Å². The lowest BCUT2D eigenvalue weighted by Crippen LogP contribution is -2.37. The van der Waals surface area contributed by atoms with Crippen LogP contribution < -0.4 is 10.1 Å². The largest absolute Gasteiger partial charge is 0.492 e. The van der Waals surface area contributed by atoms with E-state index in [4.69, 9.17) is 9.47 Å². The predicted molar refractivity (Wildman–Crippen MR) is 127 cm³/mol. The van der Waals surface area contributed by atoms with Crippen molar-refractivity contribution < 1.29 is 27.5 Å². The summed E-state index contributed by atoms with van der Waals surface area (Å²) in [7, 11) is -3.51. The molecule has 2 aromatic carbocycles. The Hall–Kier alpha value is -3.92. The lowest BCUT2D eigenvalue weighted by molar-refractivity contribution is -0.150. The fourth-order valence-corrected chi connectivity index (χ4v) is 4.42. The number of sulfonamides is 1. The smallest absolute Gasteiger partial charge is 0.340 e. The lowest BCUT2D eigenvalue weighted by atomic mass is 10.1. The van der Waals surface area contributed by atoms with Gasteiger partial charge in [-0.3, -0.25) is 4.79 Å². The number of benzene rings is 2. The van der Waals surface area contributed by atoms with Gasteiger partial charge in [0.25, 0.3) is 15.9 Å². The van der Waals surface area contributed by atoms with E-state index in [0.29, 0.717) is 23.6 Å². The summed E-state index contributed by atoms with van der Waals surface area (Å²) < 4.78 is 38.3. The molecule has 0 aromatic heterocycles. The zero-order valence-corrected chi connectivity index (χ0v) is 19.2. The van der Waals surface area contributed by atoms with Crippen LogP contribution in [0.3, 0.4) is 0 Å². The van der Waals surface area contributed by atoms with Gasteiger partial charge >= 0.3 is 5.97 Å². The molecule has 0 saturated carbocycles. The number of anilines is 1. The minimum absolute atomic E-state index is 0.155. The highest BCUT2D eigenvalue weighted by Crippen LogP contribution is 2.27. The second-order valence-electron chi connectivity index (χ2n) is 7.46. The molecule has 1 N–H and O–H groups in total. The summed E-state index contributed by atoms with van der Waals surface area (Å²) >= 11 is 0. The van der Waals surface area contributed by atoms with E-state index < -0.39 is 28.0 Å². The summed E-state index contributed by atoms with van der Waals surface area (Å²) in [6.45, 7) is 2.43. The highest BCUT2D eigenvalue weighted by molar-refractivity contribution is 7.90. The van der Waals surface area contributed by atoms with Crippen LogP contribution in [0.4, 0.5) is 5.69 Å². The van der Waals surface area contributed by atoms with Crippen LogP contribution in [0.1, 0.15) is 18.6 Å². The third kappa shape index (κ3) is 5.34. The zero-order chi connectivity index (χ0) is 24.1. The van der Waals surface area contributed by atoms with Crippen LogP contribution in [-0.2, 0) is 24.3 Å². The number of amides is 1. The Morgan fingerprint density at radius 3 is 2.59 bits per heavy atom. The number of carbonyl (C=O) groups excluding carboxylic acids is 2. The minimum Gasteiger partial charge on any atom is -0.492 e. The summed E-state index contributed by atoms with van der Waals surface area (Å²) in [6, 6.07) is 15.7. The highest BCUT2D eigenvalue weighted by Gasteiger charge is 2.29. The van der Waals surface area contributed by atoms with Crippen molar-refractivity contribution in [3.8, 4) is 5.75 Å². The van der Waals surface area contributed by atoms with Crippen molar-refractivity contribution in [3.05, 3.63) is 84.1 Å². The van der Waals surface area contributed by atoms with Crippen LogP contribution in [0.2, 0.25) is 0 Å². The van der Waals surface area contributed by atoms with Gasteiger partial charge in [-0.25, -0.2) is 13.2 Å². The normalized spacial score (nSPS) is 17.0. The molecule has 0 radical (unpaired) electrons. The number of rotatable bonds is 7. The first-order chi connectivity index (χ1) is 16.4. The number of esters is 1. The SMILES string of the molecule is CCOc1ccccc1NC(=O)C(OC(=O)C1=CN2CCS(=O)(=O)N=C2C=C1)c1ccccc1. The molecule has 34 heavy (non-hydrogen) atoms. The van der Waals surface area contributed by atoms with E-state index in [1.165, 1.54) is 18.4 Å². The van der Waals surface area contributed by atoms with Crippen molar-refractivity contribution in [1.82, 2.24) is 4.90 Å². The van der Waals surface area contributed by atoms with Gasteiger partial charge in [-0.1, -0.05) is 42.5 Å². The molecule has 1 atom stereocenters. The number of carbonyl (C=O) groups is 2. The summed E-state index contributed by atoms with van der Waals surface area (Å²) in [4.78, 5) is 27.8. The Kier molecular flexibility index (Phi) is 6.78. The summed E-state index contributed by atoms with van der Waals surface area (Å²) in [6.07, 6.45) is 3.10. The first kappa shape index (κ1) is 23.2. The van der Waals surface area contributed by atoms with Crippen molar-refractivity contribution in [3.63, 3.8) is 0 Å². The van der Waals surface area contributed by atoms with Crippen molar-refractivity contribution in [2.45, 2.75) is 13.0 Å². The average Bonchev–Trinajstić information content (AvgIpc) is 2.83. The Morgan fingerprint density at radius 1 is 1.09 bits per heavy atom. The fraction of sp³-hybridized carbons (Fsp3) is 0.208. The molecule has 1 amide bonds. The summed E-state index contributed by atoms with van der Waals surface area (Å²) in [5, 5.41) is 2.78. The van der Waals surface area contributed by atoms with Crippen LogP contribution in [0.5, 0.6) is 5.75 Å². The minimum atomic E-state index is -3.51. The van der Waals surface area contributed by atoms with Crippen molar-refractivity contribution in [2.75, 3.05) is 24.2 Å². The van der Waals surface area contributed by atoms with Gasteiger partial charge in [-0.05, 0) is 31.2 Å². The number of nitrogens with one attached hydrogen (secondary N) is 1. The number of nitrogens with zero attached hydrogens (tertiary/aromatic N) is 2. The third-order valence-corrected chi connectivity index (χ3v) is 6.23. The Balaban J connectivity index is 1.56. The second-order valence-corrected chi connectivity index (χ2v) is 9.22. The monoisotopic (exact) mass is 481 g/mol. The maximum atomic E-state index is 13.2. The highest BCUT2D eigenvalue weighted by atomic mass is 32.2. The molecule has 2 heterocycles. The van der Waals surface area contributed by atoms with E-state index in [2.05, 4.69) is 9.71 Å². The average molecular weight is 482 g/mol. The van der Waals surface area contributed by atoms with Gasteiger partial charge in [0, 0.05) is 18.3 Å². The molecule has 1 unspecified atom stereocenters. The van der Waals surface area contributed by atoms with Crippen molar-refractivity contribution in [1.29, 1.82) is 0 Å². The van der Waals surface area contributed by atoms with Gasteiger partial charge in [0.15, 0.2) is 0 Å². The molecule has 2 aromatic rings. The molecule has 0 saturated heterocycles. The molecule has 0 fully saturated rings. The topological polar surface area (TPSA) is 114 Å². The Labute approximate surface area is 197 Å². The summed E-state index contributed by atoms with van der Waals surface area (Å²) in [5.74, 6) is -0.699. The van der Waals surface area contributed by atoms with Crippen LogP contribution >= 0.6 is 0 Å². The van der Waals surface area contributed by atoms with Gasteiger partial charge in [-0.2, -0.15) is 0 Å². The van der Waals surface area contributed by atoms with E-state index >= 15 is 0 Å². The van der Waals surface area contributed by atoms with Crippen LogP contribution in [0.25, 0.3) is 0 Å². The molecule has 0 aliphatic carbocycles. The lowest BCUT2D eigenvalue weighted by Gasteiger charge is -2.27. The number of fused-ring (bicyclic) bond motifs is 1. The van der Waals surface area contributed by atoms with E-state index in [0.717, 1.165) is 0 Å². The van der Waals surface area contributed by atoms with E-state index in [1.54, 1.807) is 59.5 Å². The molecule has 10 heteroatoms. The predicted octanol–water partition coefficient (Wildman–Crippen LogP) is 2.81. The van der Waals surface area contributed by atoms with Crippen molar-refractivity contribution in [2.24, 2.45) is 4.40 Å². The molecule has 0 bridgehead atoms. The van der Waals surface area contributed by atoms with Gasteiger partial charge < -0.3 is 19.7 Å². The number of para-hydroxylation sites is 2. The number of amidine groups is 1. The van der Waals surface area contributed by atoms with Crippen LogP contribution in [0, 0.1) is 0 Å². The Bertz CT molecular complexity index is 1280. The maximum absolute atomic E-state index is 13.2. The maximum Gasteiger partial charge on any atom is 0.340 e. The molecule has 9 nitrogen and oxygen atoms in total. The molecule has 4 rings (SSSR count). The third-order valence-electron chi connectivity index (χ3n) is 5.07. The second kappa shape index (κ2) is 9.92. The first-order valence-corrected chi connectivity index (χ1v) is 12.2. The number of ether oxygens (including phenoxy) is 2. The number of hydrogen-bond donors (Lipinski definition) is 1. The molecular formula is C24H23N3O6S. The van der Waals surface area contributed by atoms with E-state index in [-0.39, 0.29) is 23.7 Å². The molecular weight excluding hydrogens is 458 g/mol. The molecule has 176 valence electrons. The van der Waals surface area contributed by atoms with E-state index in [1.807, 2.05) is 6.92 Å². The Morgan fingerprint density at radius 2 is 1.82 bits per heavy atom. The zero-order valence-electron chi connectivity index (χ0n) is 18.4. The van der Waals surface area contributed by atoms with E-state index in [9.17, 15) is 18.0 Å². The summed E-state index contributed by atoms with van der Waals surface area (Å²) in [5.41, 5.74) is 1.12. The van der Waals surface area contributed by atoms with Crippen molar-refractivity contribution >= 4 is 33.4 Å². The molecule has 0 spiro atoms. The van der Waals surface area contributed by atoms with Gasteiger partial charge in [0.05, 0.1) is 23.6 Å². The first-order valence-electron chi connectivity index (χ1n) is 10.6. The standard InChI is InChI=1S/C24H23N3O6S/c1-2-32-20-11-7-6-10-19(20)25-23(28)22(17-8-4-3-5-9-17)33-24(29)18-12-13-21-26-34(30,31)15-14-27(21)16-18/h3-13,16,22H,2,14-15H2,1H3,(H,25,28).